The quantitative estimate of drug-likeness (QED) is 0.477. The van der Waals surface area contributed by atoms with Gasteiger partial charge in [-0.1, -0.05) is 10.4 Å². The van der Waals surface area contributed by atoms with E-state index in [1.165, 1.54) is 12.5 Å². The fourth-order valence-corrected chi connectivity index (χ4v) is 0.273. The van der Waals surface area contributed by atoms with Gasteiger partial charge in [-0.2, -0.15) is 5.21 Å². The Hall–Kier alpha value is -1.79. The molecule has 0 aliphatic heterocycles. The smallest absolute Gasteiger partial charge is 0.161 e. The lowest BCUT2D eigenvalue weighted by Gasteiger charge is -1.46. The van der Waals surface area contributed by atoms with Gasteiger partial charge in [-0.3, -0.25) is 5.10 Å². The van der Waals surface area contributed by atoms with Crippen LogP contribution in [0.4, 0.5) is 0 Å². The Morgan fingerprint density at radius 1 is 1.30 bits per heavy atom. The SMILES string of the molecule is [c]1c[nH]nn1.c1nn[nH]n1. The van der Waals surface area contributed by atoms with Crippen molar-refractivity contribution in [3.05, 3.63) is 18.7 Å². The first-order valence-corrected chi connectivity index (χ1v) is 2.39. The van der Waals surface area contributed by atoms with Crippen molar-refractivity contribution in [1.29, 1.82) is 0 Å². The van der Waals surface area contributed by atoms with Gasteiger partial charge in [0.2, 0.25) is 0 Å². The second kappa shape index (κ2) is 4.13. The summed E-state index contributed by atoms with van der Waals surface area (Å²) in [4.78, 5) is 0. The zero-order valence-electron chi connectivity index (χ0n) is 4.89. The largest absolute Gasteiger partial charge is 0.265 e. The summed E-state index contributed by atoms with van der Waals surface area (Å²) in [5.74, 6) is 0. The van der Waals surface area contributed by atoms with E-state index in [-0.39, 0.29) is 0 Å². The number of rotatable bonds is 0. The summed E-state index contributed by atoms with van der Waals surface area (Å²) in [6.07, 6.45) is 5.31. The summed E-state index contributed by atoms with van der Waals surface area (Å²) in [7, 11) is 0. The average Bonchev–Trinajstić information content (AvgIpc) is 2.67. The minimum atomic E-state index is 1.33. The molecule has 0 aliphatic rings. The molecule has 7 nitrogen and oxygen atoms in total. The van der Waals surface area contributed by atoms with Gasteiger partial charge in [0.05, 0.1) is 6.20 Å². The average molecular weight is 138 g/mol. The highest BCUT2D eigenvalue weighted by atomic mass is 15.5. The molecule has 0 spiro atoms. The Morgan fingerprint density at radius 3 is 2.50 bits per heavy atom. The normalized spacial score (nSPS) is 8.00. The summed E-state index contributed by atoms with van der Waals surface area (Å²) in [5, 5.41) is 21.2. The fraction of sp³-hybridized carbons (Fsp3) is 0. The van der Waals surface area contributed by atoms with Crippen LogP contribution in [0.5, 0.6) is 0 Å². The van der Waals surface area contributed by atoms with E-state index in [0.29, 0.717) is 0 Å². The lowest BCUT2D eigenvalue weighted by molar-refractivity contribution is 0.881. The van der Waals surface area contributed by atoms with Gasteiger partial charge in [-0.25, -0.2) is 0 Å². The molecular weight excluding hydrogens is 134 g/mol. The van der Waals surface area contributed by atoms with Gasteiger partial charge in [0, 0.05) is 0 Å². The van der Waals surface area contributed by atoms with E-state index in [1.807, 2.05) is 0 Å². The Morgan fingerprint density at radius 2 is 2.30 bits per heavy atom. The van der Waals surface area contributed by atoms with Crippen LogP contribution in [0.1, 0.15) is 0 Å². The minimum absolute atomic E-state index is 1.33. The van der Waals surface area contributed by atoms with Crippen molar-refractivity contribution >= 4 is 0 Å². The summed E-state index contributed by atoms with van der Waals surface area (Å²) < 4.78 is 0. The van der Waals surface area contributed by atoms with Gasteiger partial charge in [-0.15, -0.1) is 15.3 Å². The second-order valence-electron chi connectivity index (χ2n) is 1.16. The Bertz CT molecular complexity index is 148. The highest BCUT2D eigenvalue weighted by molar-refractivity contribution is 4.50. The molecule has 0 fully saturated rings. The number of nitrogens with one attached hydrogen (secondary N) is 2. The van der Waals surface area contributed by atoms with Gasteiger partial charge >= 0.3 is 0 Å². The van der Waals surface area contributed by atoms with Gasteiger partial charge in [0.25, 0.3) is 0 Å². The molecule has 51 valence electrons. The number of H-pyrrole nitrogens is 2. The van der Waals surface area contributed by atoms with Crippen LogP contribution >= 0.6 is 0 Å². The fourth-order valence-electron chi connectivity index (χ4n) is 0.273. The standard InChI is InChI=1S/C2H2N3.CH2N4/c2*1-2-4-5-3-1/h1H,(H,3,4,5);1H,(H,2,3,4,5). The lowest BCUT2D eigenvalue weighted by atomic mass is 11.0. The molecule has 2 aromatic rings. The first-order valence-electron chi connectivity index (χ1n) is 2.39. The van der Waals surface area contributed by atoms with E-state index < -0.39 is 0 Å². The van der Waals surface area contributed by atoms with E-state index in [1.54, 1.807) is 0 Å². The van der Waals surface area contributed by atoms with E-state index >= 15 is 0 Å². The lowest BCUT2D eigenvalue weighted by Crippen LogP contribution is -1.64. The van der Waals surface area contributed by atoms with Crippen LogP contribution in [-0.2, 0) is 0 Å². The highest BCUT2D eigenvalue weighted by Gasteiger charge is 1.59. The van der Waals surface area contributed by atoms with E-state index in [0.717, 1.165) is 0 Å². The molecule has 2 rings (SSSR count). The van der Waals surface area contributed by atoms with E-state index in [4.69, 9.17) is 0 Å². The van der Waals surface area contributed by atoms with Crippen LogP contribution in [0.25, 0.3) is 0 Å². The van der Waals surface area contributed by atoms with Crippen molar-refractivity contribution in [2.45, 2.75) is 0 Å². The Labute approximate surface area is 55.9 Å². The molecule has 2 N–H and O–H groups in total. The molecule has 2 aromatic heterocycles. The van der Waals surface area contributed by atoms with Crippen molar-refractivity contribution < 1.29 is 0 Å². The first-order chi connectivity index (χ1) is 5.00. The molecular formula is C3H4N7. The summed E-state index contributed by atoms with van der Waals surface area (Å²) in [6.45, 7) is 0. The predicted octanol–water partition coefficient (Wildman–Crippen LogP) is -1.20. The number of nitrogens with zero attached hydrogens (tertiary/aromatic N) is 5. The van der Waals surface area contributed by atoms with Crippen molar-refractivity contribution in [3.63, 3.8) is 0 Å². The van der Waals surface area contributed by atoms with Crippen LogP contribution in [0, 0.1) is 6.20 Å². The maximum absolute atomic E-state index is 3.38. The van der Waals surface area contributed by atoms with Crippen LogP contribution in [0.2, 0.25) is 0 Å². The second-order valence-corrected chi connectivity index (χ2v) is 1.16. The molecule has 1 radical (unpaired) electrons. The third-order valence-corrected chi connectivity index (χ3v) is 0.564. The Balaban J connectivity index is 0.0000001000. The monoisotopic (exact) mass is 138 g/mol. The molecule has 0 aromatic carbocycles. The molecule has 10 heavy (non-hydrogen) atoms. The number of hydrogen-bond donors (Lipinski definition) is 2. The van der Waals surface area contributed by atoms with Gasteiger partial charge in [-0.05, 0) is 0 Å². The van der Waals surface area contributed by atoms with Crippen molar-refractivity contribution in [1.82, 2.24) is 36.0 Å². The van der Waals surface area contributed by atoms with Crippen molar-refractivity contribution in [2.24, 2.45) is 0 Å². The van der Waals surface area contributed by atoms with Gasteiger partial charge < -0.3 is 0 Å². The zero-order valence-corrected chi connectivity index (χ0v) is 4.89. The molecule has 0 amide bonds. The topological polar surface area (TPSA) is 96.0 Å². The maximum atomic E-state index is 3.38. The molecule has 7 heteroatoms. The van der Waals surface area contributed by atoms with Crippen LogP contribution < -0.4 is 0 Å². The van der Waals surface area contributed by atoms with Crippen molar-refractivity contribution in [2.75, 3.05) is 0 Å². The zero-order chi connectivity index (χ0) is 7.07. The molecule has 0 unspecified atom stereocenters. The van der Waals surface area contributed by atoms with E-state index in [9.17, 15) is 0 Å². The number of aromatic amines is 2. The molecule has 0 atom stereocenters. The molecule has 2 heterocycles. The summed E-state index contributed by atoms with van der Waals surface area (Å²) in [5.41, 5.74) is 0. The van der Waals surface area contributed by atoms with Crippen molar-refractivity contribution in [3.8, 4) is 0 Å². The highest BCUT2D eigenvalue weighted by Crippen LogP contribution is 1.53. The third kappa shape index (κ3) is 2.50. The predicted molar refractivity (Wildman–Crippen MR) is 29.4 cm³/mol. The van der Waals surface area contributed by atoms with E-state index in [2.05, 4.69) is 42.2 Å². The summed E-state index contributed by atoms with van der Waals surface area (Å²) >= 11 is 0. The number of hydrogen-bond acceptors (Lipinski definition) is 5. The number of tetrazole rings is 1. The van der Waals surface area contributed by atoms with Crippen LogP contribution in [0.3, 0.4) is 0 Å². The third-order valence-electron chi connectivity index (χ3n) is 0.564. The van der Waals surface area contributed by atoms with Crippen LogP contribution in [-0.4, -0.2) is 36.0 Å². The summed E-state index contributed by atoms with van der Waals surface area (Å²) in [6, 6.07) is 0. The minimum Gasteiger partial charge on any atom is -0.265 e. The Kier molecular flexibility index (Phi) is 2.61. The molecule has 0 saturated heterocycles. The molecule has 0 saturated carbocycles. The maximum Gasteiger partial charge on any atom is 0.161 e. The molecule has 0 bridgehead atoms. The van der Waals surface area contributed by atoms with Gasteiger partial charge in [0.1, 0.15) is 6.20 Å². The first kappa shape index (κ1) is 6.33. The molecule has 0 aliphatic carbocycles. The van der Waals surface area contributed by atoms with Gasteiger partial charge in [0.15, 0.2) is 6.33 Å². The van der Waals surface area contributed by atoms with Crippen LogP contribution in [0.15, 0.2) is 12.5 Å². The number of aromatic nitrogens is 7.